The van der Waals surface area contributed by atoms with Gasteiger partial charge in [-0.05, 0) is 0 Å². The topological polar surface area (TPSA) is 369 Å². The zero-order valence-corrected chi connectivity index (χ0v) is 14.2. The van der Waals surface area contributed by atoms with Crippen LogP contribution in [0.15, 0.2) is 0 Å². The summed E-state index contributed by atoms with van der Waals surface area (Å²) in [4.78, 5) is 0. The van der Waals surface area contributed by atoms with Crippen LogP contribution in [0.5, 0.6) is 0 Å². The zero-order chi connectivity index (χ0) is 18.0. The van der Waals surface area contributed by atoms with Crippen LogP contribution in [0.3, 0.4) is 0 Å². The van der Waals surface area contributed by atoms with Crippen molar-refractivity contribution in [3.8, 4) is 0 Å². The molecule has 0 aromatic carbocycles. The van der Waals surface area contributed by atoms with Crippen molar-refractivity contribution in [1.29, 1.82) is 0 Å². The Labute approximate surface area is 149 Å². The number of hydrogen-bond acceptors (Lipinski definition) is 16. The molecule has 0 aliphatic heterocycles. The fourth-order valence-corrected chi connectivity index (χ4v) is 0. The molecule has 138 valence electrons. The molecule has 0 aliphatic rings. The molecule has 0 amide bonds. The van der Waals surface area contributed by atoms with Crippen molar-refractivity contribution >= 4 is 0 Å². The summed E-state index contributed by atoms with van der Waals surface area (Å²) in [6.07, 6.45) is 0. The Morgan fingerprint density at radius 2 is 0.227 bits per heavy atom. The maximum atomic E-state index is 8.49. The smallest absolute Gasteiger partial charge is 0.222 e. The van der Waals surface area contributed by atoms with Gasteiger partial charge < -0.3 is 0 Å². The van der Waals surface area contributed by atoms with E-state index in [1.165, 1.54) is 0 Å². The number of rotatable bonds is 0. The third-order valence-electron chi connectivity index (χ3n) is 0. The molecule has 0 aromatic heterocycles. The van der Waals surface area contributed by atoms with Gasteiger partial charge in [-0.25, -0.2) is 74.5 Å². The average Bonchev–Trinajstić information content (AvgIpc) is 1.62. The van der Waals surface area contributed by atoms with E-state index < -0.39 is 41.0 Å². The van der Waals surface area contributed by atoms with Crippen molar-refractivity contribution in [2.75, 3.05) is 0 Å². The van der Waals surface area contributed by atoms with E-state index in [4.69, 9.17) is 74.5 Å². The fraction of sp³-hybridized carbons (Fsp3) is 0. The monoisotopic (exact) mass is 506 g/mol. The first-order valence-corrected chi connectivity index (χ1v) is 7.41. The summed E-state index contributed by atoms with van der Waals surface area (Å²) >= 11 is 0. The first-order chi connectivity index (χ1) is 8.00. The summed E-state index contributed by atoms with van der Waals surface area (Å²) < 4.78 is 136. The van der Waals surface area contributed by atoms with E-state index in [2.05, 4.69) is 0 Å². The molecule has 16 nitrogen and oxygen atoms in total. The first kappa shape index (κ1) is 38.9. The van der Waals surface area contributed by atoms with E-state index in [1.807, 2.05) is 0 Å². The normalized spacial score (nSPS) is 10.9. The molecule has 0 heterocycles. The number of halogens is 4. The van der Waals surface area contributed by atoms with Crippen LogP contribution in [-0.2, 0) is 34.1 Å². The van der Waals surface area contributed by atoms with Gasteiger partial charge in [0.1, 0.15) is 0 Å². The van der Waals surface area contributed by atoms with Gasteiger partial charge in [-0.15, -0.1) is 41.0 Å². The summed E-state index contributed by atoms with van der Waals surface area (Å²) in [5.41, 5.74) is 0. The molecule has 0 bridgehead atoms. The van der Waals surface area contributed by atoms with Crippen LogP contribution < -0.4 is 74.5 Å². The van der Waals surface area contributed by atoms with Gasteiger partial charge in [-0.2, -0.15) is 0 Å². The Balaban J connectivity index is -0.0000000376. The van der Waals surface area contributed by atoms with Crippen molar-refractivity contribution in [2.45, 2.75) is 0 Å². The predicted molar refractivity (Wildman–Crippen MR) is 0 cm³/mol. The third kappa shape index (κ3) is 3750. The van der Waals surface area contributed by atoms with Crippen molar-refractivity contribution < 1.29 is 150 Å². The summed E-state index contributed by atoms with van der Waals surface area (Å²) in [6.45, 7) is 0. The van der Waals surface area contributed by atoms with Gasteiger partial charge in [0, 0.05) is 0 Å². The van der Waals surface area contributed by atoms with Crippen molar-refractivity contribution in [1.82, 2.24) is 0 Å². The Morgan fingerprint density at radius 3 is 0.227 bits per heavy atom. The van der Waals surface area contributed by atoms with Crippen LogP contribution >= 0.6 is 0 Å². The molecular formula is Cl4Mn2O16. The second-order valence-electron chi connectivity index (χ2n) is 1.51. The second kappa shape index (κ2) is 16.1. The Kier molecular flexibility index (Phi) is 28.4. The van der Waals surface area contributed by atoms with Gasteiger partial charge in [0.15, 0.2) is 0 Å². The second-order valence-corrected chi connectivity index (χ2v) is 4.54. The van der Waals surface area contributed by atoms with Gasteiger partial charge in [-0.3, -0.25) is 0 Å². The van der Waals surface area contributed by atoms with Crippen LogP contribution in [0, 0.1) is 41.0 Å². The third-order valence-corrected chi connectivity index (χ3v) is 0. The first-order valence-electron chi connectivity index (χ1n) is 2.47. The van der Waals surface area contributed by atoms with Crippen LogP contribution in [0.25, 0.3) is 0 Å². The molecule has 0 spiro atoms. The van der Waals surface area contributed by atoms with E-state index in [-0.39, 0.29) is 34.1 Å². The molecule has 0 saturated heterocycles. The van der Waals surface area contributed by atoms with Crippen molar-refractivity contribution in [3.05, 3.63) is 0 Å². The maximum absolute atomic E-state index is 8.49. The zero-order valence-electron chi connectivity index (χ0n) is 8.80. The molecule has 22 heteroatoms. The molecule has 0 N–H and O–H groups in total. The molecule has 0 fully saturated rings. The van der Waals surface area contributed by atoms with Gasteiger partial charge >= 0.3 is 34.1 Å². The molecule has 0 rings (SSSR count). The Morgan fingerprint density at radius 1 is 0.227 bits per heavy atom. The van der Waals surface area contributed by atoms with Gasteiger partial charge in [0.25, 0.3) is 0 Å². The average molecular weight is 508 g/mol. The van der Waals surface area contributed by atoms with E-state index in [0.717, 1.165) is 0 Å². The minimum absolute atomic E-state index is 0. The predicted octanol–water partition coefficient (Wildman–Crippen LogP) is -19.0. The number of hydrogen-bond donors (Lipinski definition) is 0. The van der Waals surface area contributed by atoms with E-state index >= 15 is 0 Å². The molecule has 2 radical (unpaired) electrons. The quantitative estimate of drug-likeness (QED) is 0.274. The van der Waals surface area contributed by atoms with E-state index in [0.29, 0.717) is 0 Å². The van der Waals surface area contributed by atoms with Crippen LogP contribution in [0.2, 0.25) is 0 Å². The van der Waals surface area contributed by atoms with Gasteiger partial charge in [0.05, 0.1) is 0 Å². The molecule has 0 saturated carbocycles. The van der Waals surface area contributed by atoms with Crippen LogP contribution in [-0.4, -0.2) is 0 Å². The van der Waals surface area contributed by atoms with Crippen molar-refractivity contribution in [3.63, 3.8) is 0 Å². The minimum Gasteiger partial charge on any atom is -0.222 e. The SMILES string of the molecule is [Mn+2].[Mn+2].[O-][Cl+3]([O-])([O-])[O-].[O-][Cl+3]([O-])([O-])[O-].[O-][Cl+3]([O-])([O-])[O-].[O-][Cl+3]([O-])([O-])[O-]. The van der Waals surface area contributed by atoms with E-state index in [9.17, 15) is 0 Å². The fourth-order valence-electron chi connectivity index (χ4n) is 0. The van der Waals surface area contributed by atoms with Gasteiger partial charge in [-0.1, -0.05) is 0 Å². The molecule has 0 aliphatic carbocycles. The minimum atomic E-state index is -4.94. The molecule has 0 aromatic rings. The standard InChI is InChI=1S/4ClHO4.2Mn/c4*2-1(3,4)5;;/h4*(H,2,3,4,5);;/q;;;;2*+2/p-4. The maximum Gasteiger partial charge on any atom is 2.00 e. The van der Waals surface area contributed by atoms with E-state index in [1.54, 1.807) is 0 Å². The largest absolute Gasteiger partial charge is 2.00 e. The Bertz CT molecular complexity index is 134. The van der Waals surface area contributed by atoms with Gasteiger partial charge in [0.2, 0.25) is 0 Å². The summed E-state index contributed by atoms with van der Waals surface area (Å²) in [5, 5.41) is 0. The summed E-state index contributed by atoms with van der Waals surface area (Å²) in [6, 6.07) is 0. The van der Waals surface area contributed by atoms with Crippen LogP contribution in [0.4, 0.5) is 0 Å². The molecule has 0 atom stereocenters. The molecule has 0 unspecified atom stereocenters. The summed E-state index contributed by atoms with van der Waals surface area (Å²) in [5.74, 6) is 0. The molecular weight excluding hydrogens is 508 g/mol. The van der Waals surface area contributed by atoms with Crippen LogP contribution in [0.1, 0.15) is 0 Å². The van der Waals surface area contributed by atoms with Crippen molar-refractivity contribution in [2.24, 2.45) is 0 Å². The Hall–Kier alpha value is 1.56. The molecule has 22 heavy (non-hydrogen) atoms. The summed E-state index contributed by atoms with van der Waals surface area (Å²) in [7, 11) is -19.8.